The van der Waals surface area contributed by atoms with Crippen molar-refractivity contribution in [2.45, 2.75) is 77.2 Å². The average molecular weight is 322 g/mol. The van der Waals surface area contributed by atoms with Crippen LogP contribution < -0.4 is 5.32 Å². The van der Waals surface area contributed by atoms with Crippen molar-refractivity contribution in [1.29, 1.82) is 0 Å². The Labute approximate surface area is 131 Å². The van der Waals surface area contributed by atoms with Crippen LogP contribution in [0.15, 0.2) is 0 Å². The topological polar surface area (TPSA) is 61.8 Å². The first-order chi connectivity index (χ1) is 9.87. The van der Waals surface area contributed by atoms with Crippen molar-refractivity contribution in [3.8, 4) is 0 Å². The van der Waals surface area contributed by atoms with Crippen molar-refractivity contribution in [2.75, 3.05) is 13.1 Å². The van der Waals surface area contributed by atoms with Gasteiger partial charge >= 0.3 is 6.09 Å². The number of piperidine rings is 1. The zero-order valence-electron chi connectivity index (χ0n) is 14.1. The summed E-state index contributed by atoms with van der Waals surface area (Å²) in [6.07, 6.45) is -0.737. The molecule has 1 aliphatic heterocycles. The molecule has 0 spiro atoms. The van der Waals surface area contributed by atoms with E-state index in [0.29, 0.717) is 6.42 Å². The SMILES string of the molecule is CC[C@@H](NC(=O)OC(C)(C)C)C(C)(O)N1CCC(F)(F)CC1. The van der Waals surface area contributed by atoms with Crippen molar-refractivity contribution in [1.82, 2.24) is 10.2 Å². The van der Waals surface area contributed by atoms with E-state index in [4.69, 9.17) is 4.74 Å². The highest BCUT2D eigenvalue weighted by molar-refractivity contribution is 5.68. The lowest BCUT2D eigenvalue weighted by Crippen LogP contribution is -2.63. The first kappa shape index (κ1) is 19.1. The predicted molar refractivity (Wildman–Crippen MR) is 79.8 cm³/mol. The smallest absolute Gasteiger partial charge is 0.408 e. The highest BCUT2D eigenvalue weighted by Gasteiger charge is 2.44. The fourth-order valence-corrected chi connectivity index (χ4v) is 2.58. The molecule has 1 rings (SSSR count). The Hall–Kier alpha value is -0.950. The zero-order valence-corrected chi connectivity index (χ0v) is 14.1. The number of amides is 1. The molecule has 0 aromatic heterocycles. The van der Waals surface area contributed by atoms with Crippen molar-refractivity contribution in [3.05, 3.63) is 0 Å². The van der Waals surface area contributed by atoms with Gasteiger partial charge in [-0.25, -0.2) is 13.6 Å². The molecule has 2 N–H and O–H groups in total. The quantitative estimate of drug-likeness (QED) is 0.835. The maximum absolute atomic E-state index is 13.2. The number of alkyl carbamates (subject to hydrolysis) is 1. The monoisotopic (exact) mass is 322 g/mol. The molecule has 1 unspecified atom stereocenters. The molecule has 1 fully saturated rings. The number of hydrogen-bond acceptors (Lipinski definition) is 4. The first-order valence-electron chi connectivity index (χ1n) is 7.72. The summed E-state index contributed by atoms with van der Waals surface area (Å²) in [7, 11) is 0. The highest BCUT2D eigenvalue weighted by atomic mass is 19.3. The van der Waals surface area contributed by atoms with Gasteiger partial charge in [0.05, 0.1) is 6.04 Å². The second-order valence-corrected chi connectivity index (χ2v) is 7.04. The number of likely N-dealkylation sites (tertiary alicyclic amines) is 1. The summed E-state index contributed by atoms with van der Waals surface area (Å²) in [5.74, 6) is -2.67. The number of nitrogens with zero attached hydrogens (tertiary/aromatic N) is 1. The van der Waals surface area contributed by atoms with E-state index in [1.165, 1.54) is 0 Å². The molecule has 1 saturated heterocycles. The van der Waals surface area contributed by atoms with Crippen molar-refractivity contribution >= 4 is 6.09 Å². The van der Waals surface area contributed by atoms with E-state index in [0.717, 1.165) is 0 Å². The molecule has 0 aromatic rings. The van der Waals surface area contributed by atoms with Crippen LogP contribution in [0.3, 0.4) is 0 Å². The molecule has 2 atom stereocenters. The summed E-state index contributed by atoms with van der Waals surface area (Å²) >= 11 is 0. The van der Waals surface area contributed by atoms with Gasteiger partial charge in [-0.3, -0.25) is 4.90 Å². The van der Waals surface area contributed by atoms with Crippen LogP contribution >= 0.6 is 0 Å². The maximum atomic E-state index is 13.2. The second kappa shape index (κ2) is 6.66. The number of rotatable bonds is 4. The molecule has 1 amide bonds. The molecule has 1 aliphatic rings. The van der Waals surface area contributed by atoms with Crippen LogP contribution in [-0.4, -0.2) is 52.5 Å². The number of ether oxygens (including phenoxy) is 1. The fourth-order valence-electron chi connectivity index (χ4n) is 2.58. The summed E-state index contributed by atoms with van der Waals surface area (Å²) in [6.45, 7) is 8.78. The molecule has 0 radical (unpaired) electrons. The Morgan fingerprint density at radius 2 is 1.82 bits per heavy atom. The molecular formula is C15H28F2N2O3. The Kier molecular flexibility index (Phi) is 5.78. The van der Waals surface area contributed by atoms with Gasteiger partial charge in [-0.2, -0.15) is 0 Å². The lowest BCUT2D eigenvalue weighted by molar-refractivity contribution is -0.158. The van der Waals surface area contributed by atoms with Crippen LogP contribution in [0.25, 0.3) is 0 Å². The van der Waals surface area contributed by atoms with Crippen molar-refractivity contribution < 1.29 is 23.4 Å². The van der Waals surface area contributed by atoms with E-state index in [1.807, 2.05) is 6.92 Å². The number of aliphatic hydroxyl groups is 1. The fraction of sp³-hybridized carbons (Fsp3) is 0.933. The number of alkyl halides is 2. The summed E-state index contributed by atoms with van der Waals surface area (Å²) in [4.78, 5) is 13.5. The Bertz CT molecular complexity index is 385. The Morgan fingerprint density at radius 1 is 1.32 bits per heavy atom. The van der Waals surface area contributed by atoms with E-state index in [1.54, 1.807) is 32.6 Å². The number of carbonyl (C=O) groups is 1. The Morgan fingerprint density at radius 3 is 2.23 bits per heavy atom. The number of nitrogens with one attached hydrogen (secondary N) is 1. The largest absolute Gasteiger partial charge is 0.444 e. The van der Waals surface area contributed by atoms with E-state index in [-0.39, 0.29) is 25.9 Å². The molecule has 1 heterocycles. The molecule has 0 aliphatic carbocycles. The minimum Gasteiger partial charge on any atom is -0.444 e. The molecule has 7 heteroatoms. The predicted octanol–water partition coefficient (Wildman–Crippen LogP) is 2.73. The van der Waals surface area contributed by atoms with Gasteiger partial charge in [-0.05, 0) is 34.1 Å². The lowest BCUT2D eigenvalue weighted by Gasteiger charge is -2.45. The van der Waals surface area contributed by atoms with Gasteiger partial charge in [0, 0.05) is 25.9 Å². The van der Waals surface area contributed by atoms with Gasteiger partial charge in [0.25, 0.3) is 5.92 Å². The van der Waals surface area contributed by atoms with Crippen LogP contribution in [0.5, 0.6) is 0 Å². The van der Waals surface area contributed by atoms with Crippen LogP contribution in [-0.2, 0) is 4.74 Å². The summed E-state index contributed by atoms with van der Waals surface area (Å²) in [6, 6.07) is -0.603. The number of halogens is 2. The van der Waals surface area contributed by atoms with Crippen molar-refractivity contribution in [3.63, 3.8) is 0 Å². The maximum Gasteiger partial charge on any atom is 0.408 e. The van der Waals surface area contributed by atoms with E-state index in [9.17, 15) is 18.7 Å². The average Bonchev–Trinajstić information content (AvgIpc) is 2.33. The van der Waals surface area contributed by atoms with Crippen LogP contribution in [0, 0.1) is 0 Å². The van der Waals surface area contributed by atoms with Crippen molar-refractivity contribution in [2.24, 2.45) is 0 Å². The lowest BCUT2D eigenvalue weighted by atomic mass is 9.97. The first-order valence-corrected chi connectivity index (χ1v) is 7.72. The van der Waals surface area contributed by atoms with E-state index in [2.05, 4.69) is 5.32 Å². The Balaban J connectivity index is 2.69. The van der Waals surface area contributed by atoms with Gasteiger partial charge in [0.15, 0.2) is 0 Å². The molecule has 0 aromatic carbocycles. The molecule has 0 saturated carbocycles. The molecule has 130 valence electrons. The third kappa shape index (κ3) is 5.35. The number of hydrogen-bond donors (Lipinski definition) is 2. The summed E-state index contributed by atoms with van der Waals surface area (Å²) < 4.78 is 31.7. The second-order valence-electron chi connectivity index (χ2n) is 7.04. The van der Waals surface area contributed by atoms with Gasteiger partial charge in [-0.15, -0.1) is 0 Å². The van der Waals surface area contributed by atoms with Crippen LogP contribution in [0.2, 0.25) is 0 Å². The van der Waals surface area contributed by atoms with E-state index >= 15 is 0 Å². The number of carbonyl (C=O) groups excluding carboxylic acids is 1. The van der Waals surface area contributed by atoms with Crippen LogP contribution in [0.4, 0.5) is 13.6 Å². The zero-order chi connectivity index (χ0) is 17.2. The van der Waals surface area contributed by atoms with E-state index < -0.39 is 29.4 Å². The minimum atomic E-state index is -2.67. The van der Waals surface area contributed by atoms with Gasteiger partial charge in [0.1, 0.15) is 11.3 Å². The highest BCUT2D eigenvalue weighted by Crippen LogP contribution is 2.32. The normalized spacial score (nSPS) is 23.5. The van der Waals surface area contributed by atoms with Gasteiger partial charge in [0.2, 0.25) is 0 Å². The third-order valence-electron chi connectivity index (χ3n) is 3.89. The van der Waals surface area contributed by atoms with Gasteiger partial charge < -0.3 is 15.2 Å². The molecular weight excluding hydrogens is 294 g/mol. The van der Waals surface area contributed by atoms with Gasteiger partial charge in [-0.1, -0.05) is 6.92 Å². The molecule has 5 nitrogen and oxygen atoms in total. The summed E-state index contributed by atoms with van der Waals surface area (Å²) in [5, 5.41) is 13.4. The molecule has 0 bridgehead atoms. The third-order valence-corrected chi connectivity index (χ3v) is 3.89. The molecule has 22 heavy (non-hydrogen) atoms. The standard InChI is InChI=1S/C15H28F2N2O3/c1-6-11(18-12(20)22-13(2,3)4)14(5,21)19-9-7-15(16,17)8-10-19/h11,21H,6-10H2,1-5H3,(H,18,20)/t11-,14?/m1/s1. The van der Waals surface area contributed by atoms with Crippen LogP contribution in [0.1, 0.15) is 53.9 Å². The summed E-state index contributed by atoms with van der Waals surface area (Å²) in [5.41, 5.74) is -2.04. The minimum absolute atomic E-state index is 0.0898.